The number of methoxy groups -OCH3 is 1. The lowest BCUT2D eigenvalue weighted by Crippen LogP contribution is -2.60. The summed E-state index contributed by atoms with van der Waals surface area (Å²) in [5.41, 5.74) is 0.824. The van der Waals surface area contributed by atoms with Crippen molar-refractivity contribution in [2.75, 3.05) is 13.7 Å². The van der Waals surface area contributed by atoms with E-state index in [1.807, 2.05) is 41.8 Å². The second-order valence-corrected chi connectivity index (χ2v) is 10.2. The Morgan fingerprint density at radius 2 is 1.45 bits per heavy atom. The highest BCUT2D eigenvalue weighted by Gasteiger charge is 2.45. The first-order valence-corrected chi connectivity index (χ1v) is 13.0. The van der Waals surface area contributed by atoms with Gasteiger partial charge in [0.1, 0.15) is 12.6 Å². The third kappa shape index (κ3) is 5.30. The Balaban J connectivity index is 1.70. The van der Waals surface area contributed by atoms with Gasteiger partial charge in [-0.2, -0.15) is 0 Å². The van der Waals surface area contributed by atoms with Crippen LogP contribution in [-0.4, -0.2) is 53.5 Å². The second kappa shape index (κ2) is 10.8. The van der Waals surface area contributed by atoms with Crippen molar-refractivity contribution in [3.8, 4) is 11.5 Å². The van der Waals surface area contributed by atoms with Crippen LogP contribution in [0.2, 0.25) is 0 Å². The molecule has 0 spiro atoms. The third-order valence-electron chi connectivity index (χ3n) is 7.49. The van der Waals surface area contributed by atoms with Crippen LogP contribution in [0, 0.1) is 0 Å². The summed E-state index contributed by atoms with van der Waals surface area (Å²) in [7, 11) is 1.62. The molecule has 2 amide bonds. The van der Waals surface area contributed by atoms with E-state index in [1.54, 1.807) is 7.11 Å². The van der Waals surface area contributed by atoms with Gasteiger partial charge in [0.15, 0.2) is 11.5 Å². The van der Waals surface area contributed by atoms with Crippen LogP contribution in [0.1, 0.15) is 96.1 Å². The molecular formula is C27H40N2O4. The number of nitrogens with zero attached hydrogens (tertiary/aromatic N) is 2. The molecule has 1 aliphatic heterocycles. The van der Waals surface area contributed by atoms with Gasteiger partial charge in [-0.3, -0.25) is 9.59 Å². The number of carbonyl (C=O) groups is 2. The lowest BCUT2D eigenvalue weighted by atomic mass is 9.89. The van der Waals surface area contributed by atoms with Crippen molar-refractivity contribution in [2.45, 2.75) is 109 Å². The molecule has 6 heteroatoms. The number of carbonyl (C=O) groups excluding carboxylic acids is 2. The van der Waals surface area contributed by atoms with Crippen molar-refractivity contribution in [3.63, 3.8) is 0 Å². The summed E-state index contributed by atoms with van der Waals surface area (Å²) in [6.07, 6.45) is 12.1. The summed E-state index contributed by atoms with van der Waals surface area (Å²) in [6.45, 7) is 4.18. The fourth-order valence-corrected chi connectivity index (χ4v) is 5.89. The summed E-state index contributed by atoms with van der Waals surface area (Å²) < 4.78 is 11.5. The van der Waals surface area contributed by atoms with Crippen LogP contribution in [0.25, 0.3) is 0 Å². The van der Waals surface area contributed by atoms with Crippen molar-refractivity contribution in [3.05, 3.63) is 23.8 Å². The number of piperazine rings is 1. The zero-order valence-corrected chi connectivity index (χ0v) is 20.6. The molecule has 3 fully saturated rings. The molecule has 33 heavy (non-hydrogen) atoms. The van der Waals surface area contributed by atoms with Gasteiger partial charge in [-0.25, -0.2) is 0 Å². The second-order valence-electron chi connectivity index (χ2n) is 10.2. The summed E-state index contributed by atoms with van der Waals surface area (Å²) >= 11 is 0. The van der Waals surface area contributed by atoms with Crippen LogP contribution in [0.4, 0.5) is 0 Å². The van der Waals surface area contributed by atoms with E-state index in [4.69, 9.17) is 9.47 Å². The van der Waals surface area contributed by atoms with Crippen LogP contribution in [0.15, 0.2) is 18.2 Å². The van der Waals surface area contributed by atoms with Crippen molar-refractivity contribution in [1.29, 1.82) is 0 Å². The minimum Gasteiger partial charge on any atom is -0.493 e. The highest BCUT2D eigenvalue weighted by atomic mass is 16.5. The molecule has 3 aliphatic rings. The maximum absolute atomic E-state index is 14.1. The zero-order chi connectivity index (χ0) is 23.4. The fraction of sp³-hybridized carbons (Fsp3) is 0.704. The number of amides is 2. The van der Waals surface area contributed by atoms with E-state index < -0.39 is 6.04 Å². The fourth-order valence-electron chi connectivity index (χ4n) is 5.89. The third-order valence-corrected chi connectivity index (χ3v) is 7.49. The standard InChI is InChI=1S/C27H40N2O4/c1-19(2)33-23-16-15-20(17-24(23)32-3)26-27(31)28(21-11-7-4-5-8-12-21)18-25(30)29(26)22-13-9-6-10-14-22/h15-17,19,21-22,26H,4-14,18H2,1-3H3/t26-/m0/s1. The molecule has 1 atom stereocenters. The van der Waals surface area contributed by atoms with Gasteiger partial charge in [-0.15, -0.1) is 0 Å². The summed E-state index contributed by atoms with van der Waals surface area (Å²) in [5.74, 6) is 1.44. The lowest BCUT2D eigenvalue weighted by Gasteiger charge is -2.47. The van der Waals surface area contributed by atoms with Crippen LogP contribution >= 0.6 is 0 Å². The van der Waals surface area contributed by atoms with Crippen LogP contribution in [0.5, 0.6) is 11.5 Å². The molecule has 0 radical (unpaired) electrons. The van der Waals surface area contributed by atoms with Gasteiger partial charge in [0.2, 0.25) is 5.91 Å². The molecule has 2 aliphatic carbocycles. The minimum absolute atomic E-state index is 0.0205. The number of benzene rings is 1. The van der Waals surface area contributed by atoms with E-state index in [2.05, 4.69) is 0 Å². The largest absolute Gasteiger partial charge is 0.493 e. The lowest BCUT2D eigenvalue weighted by molar-refractivity contribution is -0.162. The van der Waals surface area contributed by atoms with Gasteiger partial charge in [0.25, 0.3) is 5.91 Å². The first-order chi connectivity index (χ1) is 16.0. The Morgan fingerprint density at radius 1 is 0.848 bits per heavy atom. The van der Waals surface area contributed by atoms with Crippen molar-refractivity contribution < 1.29 is 19.1 Å². The van der Waals surface area contributed by atoms with E-state index in [9.17, 15) is 9.59 Å². The molecule has 6 nitrogen and oxygen atoms in total. The molecular weight excluding hydrogens is 416 g/mol. The average molecular weight is 457 g/mol. The van der Waals surface area contributed by atoms with E-state index in [0.717, 1.165) is 56.9 Å². The summed E-state index contributed by atoms with van der Waals surface area (Å²) in [6, 6.07) is 5.46. The highest BCUT2D eigenvalue weighted by molar-refractivity contribution is 5.96. The van der Waals surface area contributed by atoms with Gasteiger partial charge < -0.3 is 19.3 Å². The van der Waals surface area contributed by atoms with E-state index in [1.165, 1.54) is 19.3 Å². The molecule has 1 aromatic carbocycles. The molecule has 0 N–H and O–H groups in total. The minimum atomic E-state index is -0.584. The van der Waals surface area contributed by atoms with Gasteiger partial charge >= 0.3 is 0 Å². The van der Waals surface area contributed by atoms with Gasteiger partial charge in [-0.1, -0.05) is 51.0 Å². The quantitative estimate of drug-likeness (QED) is 0.549. The molecule has 1 saturated heterocycles. The Morgan fingerprint density at radius 3 is 2.06 bits per heavy atom. The van der Waals surface area contributed by atoms with Crippen LogP contribution in [-0.2, 0) is 9.59 Å². The highest BCUT2D eigenvalue weighted by Crippen LogP contribution is 2.39. The Labute approximate surface area is 198 Å². The zero-order valence-electron chi connectivity index (χ0n) is 20.6. The molecule has 0 aromatic heterocycles. The topological polar surface area (TPSA) is 59.1 Å². The maximum Gasteiger partial charge on any atom is 0.250 e. The molecule has 4 rings (SSSR count). The van der Waals surface area contributed by atoms with Crippen molar-refractivity contribution in [2.24, 2.45) is 0 Å². The van der Waals surface area contributed by atoms with Crippen LogP contribution in [0.3, 0.4) is 0 Å². The normalized spacial score (nSPS) is 23.7. The van der Waals surface area contributed by atoms with Crippen molar-refractivity contribution in [1.82, 2.24) is 9.80 Å². The predicted octanol–water partition coefficient (Wildman–Crippen LogP) is 5.25. The van der Waals surface area contributed by atoms with E-state index >= 15 is 0 Å². The number of hydrogen-bond donors (Lipinski definition) is 0. The van der Waals surface area contributed by atoms with E-state index in [-0.39, 0.29) is 36.5 Å². The monoisotopic (exact) mass is 456 g/mol. The van der Waals surface area contributed by atoms with E-state index in [0.29, 0.717) is 11.5 Å². The molecule has 1 heterocycles. The SMILES string of the molecule is COc1cc([C@H]2C(=O)N(C3CCCCCC3)CC(=O)N2C2CCCCC2)ccc1OC(C)C. The average Bonchev–Trinajstić information content (AvgIpc) is 3.10. The van der Waals surface area contributed by atoms with Crippen molar-refractivity contribution >= 4 is 11.8 Å². The van der Waals surface area contributed by atoms with Gasteiger partial charge in [0.05, 0.1) is 13.2 Å². The molecule has 0 unspecified atom stereocenters. The maximum atomic E-state index is 14.1. The summed E-state index contributed by atoms with van der Waals surface area (Å²) in [4.78, 5) is 31.5. The Bertz CT molecular complexity index is 825. The number of rotatable bonds is 6. The smallest absolute Gasteiger partial charge is 0.250 e. The van der Waals surface area contributed by atoms with Crippen LogP contribution < -0.4 is 9.47 Å². The number of ether oxygens (including phenoxy) is 2. The molecule has 0 bridgehead atoms. The molecule has 1 aromatic rings. The van der Waals surface area contributed by atoms with Gasteiger partial charge in [-0.05, 0) is 57.2 Å². The predicted molar refractivity (Wildman–Crippen MR) is 128 cm³/mol. The molecule has 2 saturated carbocycles. The Kier molecular flexibility index (Phi) is 7.82. The number of hydrogen-bond acceptors (Lipinski definition) is 4. The molecule has 182 valence electrons. The van der Waals surface area contributed by atoms with Gasteiger partial charge in [0, 0.05) is 12.1 Å². The Hall–Kier alpha value is -2.24. The first kappa shape index (κ1) is 23.9. The first-order valence-electron chi connectivity index (χ1n) is 13.0. The summed E-state index contributed by atoms with van der Waals surface area (Å²) in [5, 5.41) is 0.